The van der Waals surface area contributed by atoms with Crippen molar-refractivity contribution in [2.24, 2.45) is 0 Å². The smallest absolute Gasteiger partial charge is 0.289 e. The number of aliphatic hydroxyl groups is 3. The molecule has 7 heteroatoms. The van der Waals surface area contributed by atoms with Crippen molar-refractivity contribution in [2.75, 3.05) is 19.8 Å². The van der Waals surface area contributed by atoms with Gasteiger partial charge in [0.05, 0.1) is 25.5 Å². The fourth-order valence-electron chi connectivity index (χ4n) is 1.31. The van der Waals surface area contributed by atoms with E-state index in [1.54, 1.807) is 13.8 Å². The zero-order chi connectivity index (χ0) is 13.1. The van der Waals surface area contributed by atoms with Crippen LogP contribution in [0.2, 0.25) is 0 Å². The van der Waals surface area contributed by atoms with E-state index in [1.807, 2.05) is 0 Å². The first-order valence-corrected chi connectivity index (χ1v) is 5.07. The molecule has 0 bridgehead atoms. The molecule has 0 aliphatic rings. The Balaban J connectivity index is 2.88. The molecular formula is C10H16N2O5. The summed E-state index contributed by atoms with van der Waals surface area (Å²) in [5, 5.41) is 29.5. The Bertz CT molecular complexity index is 389. The Hall–Kier alpha value is -1.44. The number of carbonyl (C=O) groups excluding carboxylic acids is 1. The van der Waals surface area contributed by atoms with Crippen LogP contribution in [0.5, 0.6) is 0 Å². The van der Waals surface area contributed by atoms with E-state index in [-0.39, 0.29) is 5.76 Å². The predicted molar refractivity (Wildman–Crippen MR) is 57.4 cm³/mol. The number of nitrogens with one attached hydrogen (secondary N) is 1. The lowest BCUT2D eigenvalue weighted by Gasteiger charge is -2.28. The molecule has 0 unspecified atom stereocenters. The summed E-state index contributed by atoms with van der Waals surface area (Å²) in [4.78, 5) is 15.7. The van der Waals surface area contributed by atoms with E-state index in [2.05, 4.69) is 10.3 Å². The summed E-state index contributed by atoms with van der Waals surface area (Å²) in [5.41, 5.74) is -1.06. The van der Waals surface area contributed by atoms with Crippen LogP contribution in [0.1, 0.15) is 22.1 Å². The third-order valence-corrected chi connectivity index (χ3v) is 2.40. The maximum absolute atomic E-state index is 11.8. The van der Waals surface area contributed by atoms with E-state index >= 15 is 0 Å². The molecule has 0 fully saturated rings. The highest BCUT2D eigenvalue weighted by molar-refractivity contribution is 5.93. The highest BCUT2D eigenvalue weighted by Crippen LogP contribution is 2.11. The van der Waals surface area contributed by atoms with E-state index in [1.165, 1.54) is 0 Å². The molecule has 0 radical (unpaired) electrons. The topological polar surface area (TPSA) is 116 Å². The molecule has 1 amide bonds. The van der Waals surface area contributed by atoms with Crippen molar-refractivity contribution in [1.82, 2.24) is 10.3 Å². The molecule has 0 aromatic carbocycles. The molecule has 1 aromatic heterocycles. The Morgan fingerprint density at radius 1 is 1.29 bits per heavy atom. The molecule has 1 heterocycles. The number of amides is 1. The molecular weight excluding hydrogens is 228 g/mol. The zero-order valence-corrected chi connectivity index (χ0v) is 9.73. The number of carbonyl (C=O) groups is 1. The van der Waals surface area contributed by atoms with Gasteiger partial charge in [-0.3, -0.25) is 4.79 Å². The van der Waals surface area contributed by atoms with Gasteiger partial charge in [0.2, 0.25) is 5.76 Å². The molecule has 4 N–H and O–H groups in total. The molecule has 0 saturated heterocycles. The maximum Gasteiger partial charge on any atom is 0.289 e. The lowest BCUT2D eigenvalue weighted by molar-refractivity contribution is 0.0363. The maximum atomic E-state index is 11.8. The number of rotatable bonds is 5. The number of hydrogen-bond donors (Lipinski definition) is 4. The highest BCUT2D eigenvalue weighted by Gasteiger charge is 2.32. The summed E-state index contributed by atoms with van der Waals surface area (Å²) in [6, 6.07) is 0. The lowest BCUT2D eigenvalue weighted by Crippen LogP contribution is -2.57. The molecule has 96 valence electrons. The van der Waals surface area contributed by atoms with Crippen molar-refractivity contribution < 1.29 is 24.5 Å². The van der Waals surface area contributed by atoms with Crippen molar-refractivity contribution in [3.8, 4) is 0 Å². The van der Waals surface area contributed by atoms with Gasteiger partial charge in [-0.2, -0.15) is 0 Å². The average molecular weight is 244 g/mol. The van der Waals surface area contributed by atoms with Gasteiger partial charge in [-0.25, -0.2) is 4.98 Å². The summed E-state index contributed by atoms with van der Waals surface area (Å²) in [5.74, 6) is -0.294. The number of aliphatic hydroxyl groups excluding tert-OH is 3. The fraction of sp³-hybridized carbons (Fsp3) is 0.600. The molecule has 17 heavy (non-hydrogen) atoms. The normalized spacial score (nSPS) is 11.6. The van der Waals surface area contributed by atoms with Crippen LogP contribution < -0.4 is 5.32 Å². The number of oxazole rings is 1. The third kappa shape index (κ3) is 2.82. The van der Waals surface area contributed by atoms with Crippen molar-refractivity contribution in [1.29, 1.82) is 0 Å². The monoisotopic (exact) mass is 244 g/mol. The minimum absolute atomic E-state index is 0.00206. The van der Waals surface area contributed by atoms with E-state index < -0.39 is 31.3 Å². The molecule has 1 rings (SSSR count). The van der Waals surface area contributed by atoms with E-state index in [0.717, 1.165) is 0 Å². The number of nitrogens with zero attached hydrogens (tertiary/aromatic N) is 1. The lowest BCUT2D eigenvalue weighted by atomic mass is 10.0. The first-order chi connectivity index (χ1) is 7.98. The van der Waals surface area contributed by atoms with Crippen molar-refractivity contribution in [3.05, 3.63) is 17.3 Å². The largest absolute Gasteiger partial charge is 0.436 e. The van der Waals surface area contributed by atoms with Crippen LogP contribution in [0.3, 0.4) is 0 Å². The van der Waals surface area contributed by atoms with Crippen LogP contribution in [0.15, 0.2) is 4.42 Å². The summed E-state index contributed by atoms with van der Waals surface area (Å²) in [6.45, 7) is 1.44. The van der Waals surface area contributed by atoms with Gasteiger partial charge >= 0.3 is 0 Å². The van der Waals surface area contributed by atoms with Gasteiger partial charge in [-0.15, -0.1) is 0 Å². The molecule has 0 aliphatic heterocycles. The molecule has 0 atom stereocenters. The second-order valence-electron chi connectivity index (χ2n) is 3.86. The zero-order valence-electron chi connectivity index (χ0n) is 9.73. The minimum Gasteiger partial charge on any atom is -0.436 e. The molecule has 0 spiro atoms. The van der Waals surface area contributed by atoms with Crippen molar-refractivity contribution >= 4 is 5.91 Å². The second-order valence-corrected chi connectivity index (χ2v) is 3.86. The average Bonchev–Trinajstić information content (AvgIpc) is 2.65. The molecule has 0 saturated carbocycles. The first kappa shape index (κ1) is 13.6. The highest BCUT2D eigenvalue weighted by atomic mass is 16.4. The van der Waals surface area contributed by atoms with Gasteiger partial charge in [-0.05, 0) is 6.92 Å². The number of aromatic nitrogens is 1. The number of aryl methyl sites for hydroxylation is 2. The SMILES string of the molecule is Cc1nc(C)c(C(=O)NC(CO)(CO)CO)o1. The van der Waals surface area contributed by atoms with Gasteiger partial charge in [-0.1, -0.05) is 0 Å². The van der Waals surface area contributed by atoms with Crippen molar-refractivity contribution in [2.45, 2.75) is 19.4 Å². The van der Waals surface area contributed by atoms with E-state index in [4.69, 9.17) is 19.7 Å². The Kier molecular flexibility index (Phi) is 4.22. The third-order valence-electron chi connectivity index (χ3n) is 2.40. The quantitative estimate of drug-likeness (QED) is 0.513. The second kappa shape index (κ2) is 5.26. The predicted octanol–water partition coefficient (Wildman–Crippen LogP) is -1.26. The van der Waals surface area contributed by atoms with Crippen molar-refractivity contribution in [3.63, 3.8) is 0 Å². The van der Waals surface area contributed by atoms with Gasteiger partial charge < -0.3 is 25.1 Å². The Morgan fingerprint density at radius 2 is 1.82 bits per heavy atom. The summed E-state index contributed by atoms with van der Waals surface area (Å²) >= 11 is 0. The summed E-state index contributed by atoms with van der Waals surface area (Å²) < 4.78 is 5.09. The minimum atomic E-state index is -1.47. The van der Waals surface area contributed by atoms with E-state index in [0.29, 0.717) is 11.6 Å². The fourth-order valence-corrected chi connectivity index (χ4v) is 1.31. The van der Waals surface area contributed by atoms with Crippen LogP contribution in [0.25, 0.3) is 0 Å². The van der Waals surface area contributed by atoms with Crippen LogP contribution in [-0.2, 0) is 0 Å². The van der Waals surface area contributed by atoms with Crippen LogP contribution in [0, 0.1) is 13.8 Å². The molecule has 1 aromatic rings. The van der Waals surface area contributed by atoms with Crippen LogP contribution >= 0.6 is 0 Å². The molecule has 7 nitrogen and oxygen atoms in total. The van der Waals surface area contributed by atoms with Crippen LogP contribution in [-0.4, -0.2) is 51.6 Å². The molecule has 0 aliphatic carbocycles. The van der Waals surface area contributed by atoms with Gasteiger partial charge in [0.15, 0.2) is 5.89 Å². The summed E-state index contributed by atoms with van der Waals surface area (Å²) in [6.07, 6.45) is 0. The van der Waals surface area contributed by atoms with Gasteiger partial charge in [0.25, 0.3) is 5.91 Å². The van der Waals surface area contributed by atoms with E-state index in [9.17, 15) is 4.79 Å². The Labute approximate surface area is 98.1 Å². The summed E-state index contributed by atoms with van der Waals surface area (Å²) in [7, 11) is 0. The first-order valence-electron chi connectivity index (χ1n) is 5.07. The Morgan fingerprint density at radius 3 is 2.18 bits per heavy atom. The standard InChI is InChI=1S/C10H16N2O5/c1-6-8(17-7(2)11-6)9(16)12-10(3-13,4-14)5-15/h13-15H,3-5H2,1-2H3,(H,12,16). The number of hydrogen-bond acceptors (Lipinski definition) is 6. The van der Waals surface area contributed by atoms with Crippen LogP contribution in [0.4, 0.5) is 0 Å². The van der Waals surface area contributed by atoms with Gasteiger partial charge in [0, 0.05) is 6.92 Å². The van der Waals surface area contributed by atoms with Gasteiger partial charge in [0.1, 0.15) is 5.54 Å².